The maximum Gasteiger partial charge on any atom is 0.416 e. The number of aliphatic hydroxyl groups is 1. The Morgan fingerprint density at radius 3 is 2.59 bits per heavy atom. The molecule has 1 radical (unpaired) electrons. The van der Waals surface area contributed by atoms with E-state index in [0.717, 1.165) is 12.1 Å². The molecule has 1 unspecified atom stereocenters. The number of aryl methyl sites for hydroxylation is 1. The number of benzene rings is 1. The highest BCUT2D eigenvalue weighted by Gasteiger charge is 2.30. The van der Waals surface area contributed by atoms with Gasteiger partial charge in [0.1, 0.15) is 0 Å². The lowest BCUT2D eigenvalue weighted by Crippen LogP contribution is -2.09. The smallest absolute Gasteiger partial charge is 0.387 e. The number of halogens is 4. The summed E-state index contributed by atoms with van der Waals surface area (Å²) in [5.41, 5.74) is -0.218. The number of aliphatic hydroxyl groups excluding tert-OH is 1. The first kappa shape index (κ1) is 14.1. The Morgan fingerprint density at radius 2 is 2.06 bits per heavy atom. The molecule has 93 valence electrons. The first-order chi connectivity index (χ1) is 7.80. The summed E-state index contributed by atoms with van der Waals surface area (Å²) in [6.45, 7) is 5.15. The van der Waals surface area contributed by atoms with Gasteiger partial charge in [-0.3, -0.25) is 0 Å². The molecule has 1 aromatic rings. The Hall–Kier alpha value is -1.00. The van der Waals surface area contributed by atoms with E-state index >= 15 is 0 Å². The van der Waals surface area contributed by atoms with Crippen LogP contribution in [0.25, 0.3) is 0 Å². The number of rotatable bonds is 4. The van der Waals surface area contributed by atoms with E-state index < -0.39 is 17.8 Å². The van der Waals surface area contributed by atoms with Crippen LogP contribution in [-0.2, 0) is 12.6 Å². The van der Waals surface area contributed by atoms with Gasteiger partial charge < -0.3 is 5.11 Å². The van der Waals surface area contributed by atoms with Crippen LogP contribution in [0, 0.1) is 6.58 Å². The molecule has 0 saturated carbocycles. The summed E-state index contributed by atoms with van der Waals surface area (Å²) in [7, 11) is 0. The normalized spacial score (nSPS) is 13.5. The third kappa shape index (κ3) is 4.40. The first-order valence-electron chi connectivity index (χ1n) is 4.92. The van der Waals surface area contributed by atoms with Crippen LogP contribution in [0.5, 0.6) is 0 Å². The topological polar surface area (TPSA) is 20.2 Å². The maximum atomic E-state index is 12.4. The summed E-state index contributed by atoms with van der Waals surface area (Å²) < 4.78 is 37.2. The van der Waals surface area contributed by atoms with Crippen molar-refractivity contribution >= 4 is 11.6 Å². The van der Waals surface area contributed by atoms with Crippen LogP contribution in [0.2, 0.25) is 0 Å². The van der Waals surface area contributed by atoms with Gasteiger partial charge in [0, 0.05) is 5.03 Å². The van der Waals surface area contributed by atoms with Crippen LogP contribution < -0.4 is 0 Å². The fraction of sp³-hybridized carbons (Fsp3) is 0.333. The Balaban J connectivity index is 2.70. The van der Waals surface area contributed by atoms with Crippen LogP contribution in [-0.4, -0.2) is 11.2 Å². The van der Waals surface area contributed by atoms with Crippen molar-refractivity contribution in [1.82, 2.24) is 0 Å². The molecule has 0 amide bonds. The summed E-state index contributed by atoms with van der Waals surface area (Å²) in [6, 6.07) is 4.95. The Morgan fingerprint density at radius 1 is 1.41 bits per heavy atom. The molecule has 1 nitrogen and oxygen atoms in total. The van der Waals surface area contributed by atoms with Crippen molar-refractivity contribution in [2.45, 2.75) is 25.1 Å². The van der Waals surface area contributed by atoms with Crippen molar-refractivity contribution in [3.63, 3.8) is 0 Å². The lowest BCUT2D eigenvalue weighted by Gasteiger charge is -2.10. The van der Waals surface area contributed by atoms with E-state index in [2.05, 4.69) is 0 Å². The third-order valence-electron chi connectivity index (χ3n) is 2.28. The molecule has 0 aliphatic carbocycles. The Labute approximate surface area is 103 Å². The van der Waals surface area contributed by atoms with Gasteiger partial charge in [0.15, 0.2) is 0 Å². The van der Waals surface area contributed by atoms with Crippen LogP contribution >= 0.6 is 11.6 Å². The van der Waals surface area contributed by atoms with Gasteiger partial charge in [-0.2, -0.15) is 13.2 Å². The molecule has 0 fully saturated rings. The zero-order chi connectivity index (χ0) is 13.1. The van der Waals surface area contributed by atoms with Crippen molar-refractivity contribution in [3.05, 3.63) is 47.0 Å². The average Bonchev–Trinajstić information content (AvgIpc) is 2.25. The van der Waals surface area contributed by atoms with Gasteiger partial charge in [-0.25, -0.2) is 0 Å². The molecule has 0 saturated heterocycles. The van der Waals surface area contributed by atoms with Gasteiger partial charge in [0.25, 0.3) is 0 Å². The fourth-order valence-corrected chi connectivity index (χ4v) is 1.45. The molecule has 0 spiro atoms. The van der Waals surface area contributed by atoms with Gasteiger partial charge >= 0.3 is 6.18 Å². The summed E-state index contributed by atoms with van der Waals surface area (Å²) in [6.07, 6.45) is -4.90. The third-order valence-corrected chi connectivity index (χ3v) is 2.53. The Kier molecular flexibility index (Phi) is 4.60. The summed E-state index contributed by atoms with van der Waals surface area (Å²) >= 11 is 5.36. The summed E-state index contributed by atoms with van der Waals surface area (Å²) in [4.78, 5) is 0. The van der Waals surface area contributed by atoms with Crippen molar-refractivity contribution < 1.29 is 18.3 Å². The molecule has 0 aliphatic heterocycles. The molecule has 5 heteroatoms. The summed E-state index contributed by atoms with van der Waals surface area (Å²) in [5, 5.41) is 9.15. The number of hydrogen-bond acceptors (Lipinski definition) is 1. The summed E-state index contributed by atoms with van der Waals surface area (Å²) in [5.74, 6) is 0. The van der Waals surface area contributed by atoms with E-state index in [1.54, 1.807) is 6.07 Å². The van der Waals surface area contributed by atoms with Gasteiger partial charge in [-0.05, 0) is 31.1 Å². The zero-order valence-corrected chi connectivity index (χ0v) is 9.59. The minimum absolute atomic E-state index is 0.156. The van der Waals surface area contributed by atoms with Crippen LogP contribution in [0.1, 0.15) is 17.5 Å². The standard InChI is InChI=1S/C12H11ClF3O/c1-8(13)11(17)6-5-9-3-2-4-10(7-9)12(14,15)16/h1-4,7,11,17H,5-6H2. The van der Waals surface area contributed by atoms with E-state index in [1.807, 2.05) is 0 Å². The highest BCUT2D eigenvalue weighted by molar-refractivity contribution is 6.29. The molecular formula is C12H11ClF3O. The van der Waals surface area contributed by atoms with E-state index in [4.69, 9.17) is 18.2 Å². The Bertz CT molecular complexity index is 401. The molecule has 1 rings (SSSR count). The predicted molar refractivity (Wildman–Crippen MR) is 59.4 cm³/mol. The lowest BCUT2D eigenvalue weighted by molar-refractivity contribution is -0.137. The van der Waals surface area contributed by atoms with Crippen molar-refractivity contribution in [2.75, 3.05) is 0 Å². The lowest BCUT2D eigenvalue weighted by atomic mass is 10.0. The van der Waals surface area contributed by atoms with Crippen molar-refractivity contribution in [2.24, 2.45) is 0 Å². The van der Waals surface area contributed by atoms with Gasteiger partial charge in [0.2, 0.25) is 0 Å². The predicted octanol–water partition coefficient (Wildman–Crippen LogP) is 3.55. The molecular weight excluding hydrogens is 253 g/mol. The monoisotopic (exact) mass is 263 g/mol. The fourth-order valence-electron chi connectivity index (χ4n) is 1.34. The number of alkyl halides is 3. The molecule has 17 heavy (non-hydrogen) atoms. The molecule has 0 bridgehead atoms. The van der Waals surface area contributed by atoms with E-state index in [1.165, 1.54) is 6.07 Å². The van der Waals surface area contributed by atoms with Crippen LogP contribution in [0.4, 0.5) is 13.2 Å². The van der Waals surface area contributed by atoms with Gasteiger partial charge in [-0.15, -0.1) is 0 Å². The quantitative estimate of drug-likeness (QED) is 0.881. The highest BCUT2D eigenvalue weighted by atomic mass is 35.5. The molecule has 1 atom stereocenters. The minimum Gasteiger partial charge on any atom is -0.387 e. The SMILES string of the molecule is [CH]=C(Cl)C(O)CCc1cccc(C(F)(F)F)c1. The zero-order valence-electron chi connectivity index (χ0n) is 8.84. The van der Waals surface area contributed by atoms with Crippen LogP contribution in [0.3, 0.4) is 0 Å². The maximum absolute atomic E-state index is 12.4. The molecule has 0 aromatic heterocycles. The van der Waals surface area contributed by atoms with E-state index in [0.29, 0.717) is 5.56 Å². The van der Waals surface area contributed by atoms with E-state index in [9.17, 15) is 18.3 Å². The van der Waals surface area contributed by atoms with Gasteiger partial charge in [0.05, 0.1) is 11.7 Å². The number of hydrogen-bond donors (Lipinski definition) is 1. The second-order valence-electron chi connectivity index (χ2n) is 3.64. The average molecular weight is 264 g/mol. The molecule has 0 heterocycles. The van der Waals surface area contributed by atoms with Gasteiger partial charge in [-0.1, -0.05) is 29.8 Å². The van der Waals surface area contributed by atoms with Crippen LogP contribution in [0.15, 0.2) is 29.3 Å². The second kappa shape index (κ2) is 5.56. The highest BCUT2D eigenvalue weighted by Crippen LogP contribution is 2.29. The second-order valence-corrected chi connectivity index (χ2v) is 4.07. The first-order valence-corrected chi connectivity index (χ1v) is 5.30. The molecule has 1 aromatic carbocycles. The van der Waals surface area contributed by atoms with Crippen molar-refractivity contribution in [3.8, 4) is 0 Å². The van der Waals surface area contributed by atoms with Crippen molar-refractivity contribution in [1.29, 1.82) is 0 Å². The van der Waals surface area contributed by atoms with E-state index in [-0.39, 0.29) is 17.9 Å². The molecule has 0 aliphatic rings. The molecule has 1 N–H and O–H groups in total. The largest absolute Gasteiger partial charge is 0.416 e. The minimum atomic E-state index is -4.35.